The van der Waals surface area contributed by atoms with Crippen LogP contribution in [0.15, 0.2) is 21.7 Å². The molecular weight excluding hydrogens is 362 g/mol. The van der Waals surface area contributed by atoms with Gasteiger partial charge >= 0.3 is 11.7 Å². The van der Waals surface area contributed by atoms with Crippen LogP contribution in [-0.2, 0) is 11.3 Å². The van der Waals surface area contributed by atoms with Crippen LogP contribution >= 0.6 is 0 Å². The summed E-state index contributed by atoms with van der Waals surface area (Å²) in [5, 5.41) is 9.41. The molecule has 146 valence electrons. The smallest absolute Gasteiger partial charge is 0.349 e. The summed E-state index contributed by atoms with van der Waals surface area (Å²) in [6, 6.07) is 3.36. The number of nitrogens with zero attached hydrogens (tertiary/aromatic N) is 4. The van der Waals surface area contributed by atoms with Crippen LogP contribution in [0.5, 0.6) is 0 Å². The van der Waals surface area contributed by atoms with Crippen LogP contribution in [0.25, 0.3) is 22.6 Å². The summed E-state index contributed by atoms with van der Waals surface area (Å²) in [6.07, 6.45) is 1.46. The SMILES string of the molecule is Cc1cc2nc3c(=O)[nH]c(=O)nc-3n(CCN3CCC[C@@H]3C(=O)O)c2cc1C. The highest BCUT2D eigenvalue weighted by molar-refractivity contribution is 5.81. The van der Waals surface area contributed by atoms with Crippen molar-refractivity contribution in [3.8, 4) is 11.5 Å². The molecular formula is C19H21N5O4. The molecule has 28 heavy (non-hydrogen) atoms. The maximum atomic E-state index is 12.3. The molecule has 9 heteroatoms. The first-order valence-electron chi connectivity index (χ1n) is 9.24. The minimum Gasteiger partial charge on any atom is -0.480 e. The highest BCUT2D eigenvalue weighted by Crippen LogP contribution is 2.24. The molecule has 0 aromatic heterocycles. The Labute approximate surface area is 160 Å². The second-order valence-corrected chi connectivity index (χ2v) is 7.26. The van der Waals surface area contributed by atoms with Gasteiger partial charge in [-0.25, -0.2) is 9.78 Å². The summed E-state index contributed by atoms with van der Waals surface area (Å²) >= 11 is 0. The molecule has 3 heterocycles. The van der Waals surface area contributed by atoms with Crippen molar-refractivity contribution in [3.05, 3.63) is 44.1 Å². The molecule has 1 atom stereocenters. The molecule has 4 rings (SSSR count). The Balaban J connectivity index is 1.86. The lowest BCUT2D eigenvalue weighted by atomic mass is 10.1. The molecule has 3 aliphatic heterocycles. The number of aryl methyl sites for hydroxylation is 2. The van der Waals surface area contributed by atoms with Crippen LogP contribution < -0.4 is 11.2 Å². The zero-order valence-electron chi connectivity index (χ0n) is 15.7. The number of aliphatic carboxylic acids is 1. The number of hydrogen-bond donors (Lipinski definition) is 2. The van der Waals surface area contributed by atoms with Crippen molar-refractivity contribution in [1.29, 1.82) is 0 Å². The van der Waals surface area contributed by atoms with Crippen LogP contribution in [0, 0.1) is 13.8 Å². The summed E-state index contributed by atoms with van der Waals surface area (Å²) in [7, 11) is 0. The van der Waals surface area contributed by atoms with Gasteiger partial charge in [0.1, 0.15) is 6.04 Å². The number of carboxylic acids is 1. The molecule has 1 fully saturated rings. The van der Waals surface area contributed by atoms with E-state index < -0.39 is 23.3 Å². The van der Waals surface area contributed by atoms with Gasteiger partial charge in [0.25, 0.3) is 5.56 Å². The second-order valence-electron chi connectivity index (χ2n) is 7.26. The molecule has 0 bridgehead atoms. The lowest BCUT2D eigenvalue weighted by Crippen LogP contribution is -2.38. The predicted molar refractivity (Wildman–Crippen MR) is 103 cm³/mol. The van der Waals surface area contributed by atoms with Gasteiger partial charge in [0.2, 0.25) is 0 Å². The molecule has 0 amide bonds. The van der Waals surface area contributed by atoms with Gasteiger partial charge < -0.3 is 9.67 Å². The van der Waals surface area contributed by atoms with E-state index >= 15 is 0 Å². The Hall–Kier alpha value is -3.07. The van der Waals surface area contributed by atoms with Crippen molar-refractivity contribution in [2.45, 2.75) is 39.3 Å². The minimum atomic E-state index is -0.824. The Bertz CT molecular complexity index is 1170. The van der Waals surface area contributed by atoms with E-state index in [1.54, 1.807) is 4.57 Å². The van der Waals surface area contributed by atoms with Crippen LogP contribution in [0.3, 0.4) is 0 Å². The van der Waals surface area contributed by atoms with Crippen molar-refractivity contribution >= 4 is 17.0 Å². The van der Waals surface area contributed by atoms with Gasteiger partial charge in [-0.2, -0.15) is 4.98 Å². The van der Waals surface area contributed by atoms with Crippen LogP contribution in [0.1, 0.15) is 24.0 Å². The van der Waals surface area contributed by atoms with Crippen molar-refractivity contribution in [2.24, 2.45) is 0 Å². The number of likely N-dealkylation sites (tertiary alicyclic amines) is 1. The number of rotatable bonds is 4. The van der Waals surface area contributed by atoms with E-state index in [1.165, 1.54) is 0 Å². The third-order valence-corrected chi connectivity index (χ3v) is 5.48. The monoisotopic (exact) mass is 383 g/mol. The van der Waals surface area contributed by atoms with E-state index in [9.17, 15) is 19.5 Å². The fourth-order valence-electron chi connectivity index (χ4n) is 3.88. The van der Waals surface area contributed by atoms with Crippen molar-refractivity contribution < 1.29 is 9.90 Å². The van der Waals surface area contributed by atoms with E-state index in [-0.39, 0.29) is 11.5 Å². The third-order valence-electron chi connectivity index (χ3n) is 5.48. The van der Waals surface area contributed by atoms with Gasteiger partial charge in [-0.1, -0.05) is 0 Å². The molecule has 9 nitrogen and oxygen atoms in total. The number of hydrogen-bond acceptors (Lipinski definition) is 6. The highest BCUT2D eigenvalue weighted by Gasteiger charge is 2.30. The molecule has 0 saturated carbocycles. The molecule has 1 aromatic rings. The zero-order chi connectivity index (χ0) is 20.0. The fourth-order valence-corrected chi connectivity index (χ4v) is 3.88. The maximum absolute atomic E-state index is 12.3. The Morgan fingerprint density at radius 3 is 2.71 bits per heavy atom. The molecule has 2 N–H and O–H groups in total. The number of fused-ring (bicyclic) bond motifs is 2. The highest BCUT2D eigenvalue weighted by atomic mass is 16.4. The molecule has 0 aliphatic carbocycles. The summed E-state index contributed by atoms with van der Waals surface area (Å²) in [5.74, 6) is -0.606. The van der Waals surface area contributed by atoms with E-state index in [2.05, 4.69) is 15.0 Å². The third kappa shape index (κ3) is 3.07. The topological polar surface area (TPSA) is 121 Å². The number of H-pyrrole nitrogens is 1. The van der Waals surface area contributed by atoms with E-state index in [0.717, 1.165) is 23.1 Å². The predicted octanol–water partition coefficient (Wildman–Crippen LogP) is 0.750. The quantitative estimate of drug-likeness (QED) is 0.638. The van der Waals surface area contributed by atoms with E-state index in [1.807, 2.05) is 30.9 Å². The number of benzene rings is 1. The summed E-state index contributed by atoms with van der Waals surface area (Å²) in [4.78, 5) is 48.1. The molecule has 0 unspecified atom stereocenters. The molecule has 0 spiro atoms. The van der Waals surface area contributed by atoms with E-state index in [4.69, 9.17) is 0 Å². The average molecular weight is 383 g/mol. The van der Waals surface area contributed by atoms with Gasteiger partial charge in [-0.15, -0.1) is 0 Å². The number of aromatic amines is 1. The van der Waals surface area contributed by atoms with Gasteiger partial charge in [0.15, 0.2) is 11.5 Å². The van der Waals surface area contributed by atoms with Crippen LogP contribution in [-0.4, -0.2) is 54.6 Å². The van der Waals surface area contributed by atoms with E-state index in [0.29, 0.717) is 31.6 Å². The second kappa shape index (κ2) is 6.83. The standard InChI is InChI=1S/C19H21N5O4/c1-10-8-12-14(9-11(10)2)24(7-6-23-5-3-4-13(23)18(26)27)16-15(20-12)17(25)22-19(28)21-16/h8-9,13H,3-7H2,1-2H3,(H,26,27)(H,22,25,28)/t13-/m1/s1. The van der Waals surface area contributed by atoms with Crippen LogP contribution in [0.2, 0.25) is 0 Å². The maximum Gasteiger partial charge on any atom is 0.349 e. The number of carbonyl (C=O) groups is 1. The first-order valence-corrected chi connectivity index (χ1v) is 9.24. The molecule has 1 aromatic carbocycles. The normalized spacial score (nSPS) is 17.6. The van der Waals surface area contributed by atoms with Crippen molar-refractivity contribution in [3.63, 3.8) is 0 Å². The molecule has 0 radical (unpaired) electrons. The number of aromatic nitrogens is 4. The molecule has 1 saturated heterocycles. The summed E-state index contributed by atoms with van der Waals surface area (Å²) in [6.45, 7) is 5.53. The fraction of sp³-hybridized carbons (Fsp3) is 0.421. The van der Waals surface area contributed by atoms with Gasteiger partial charge in [0, 0.05) is 13.1 Å². The summed E-state index contributed by atoms with van der Waals surface area (Å²) < 4.78 is 1.80. The summed E-state index contributed by atoms with van der Waals surface area (Å²) in [5.41, 5.74) is 2.30. The minimum absolute atomic E-state index is 0.103. The lowest BCUT2D eigenvalue weighted by molar-refractivity contribution is -0.142. The zero-order valence-corrected chi connectivity index (χ0v) is 15.7. The average Bonchev–Trinajstić information content (AvgIpc) is 3.10. The van der Waals surface area contributed by atoms with Gasteiger partial charge in [-0.05, 0) is 56.5 Å². The number of carboxylic acid groups (broad SMARTS) is 1. The molecule has 3 aliphatic rings. The first-order chi connectivity index (χ1) is 13.3. The number of nitrogens with one attached hydrogen (secondary N) is 1. The Morgan fingerprint density at radius 2 is 1.96 bits per heavy atom. The first kappa shape index (κ1) is 18.3. The Kier molecular flexibility index (Phi) is 4.46. The Morgan fingerprint density at radius 1 is 1.21 bits per heavy atom. The van der Waals surface area contributed by atoms with Crippen LogP contribution in [0.4, 0.5) is 0 Å². The largest absolute Gasteiger partial charge is 0.480 e. The van der Waals surface area contributed by atoms with Crippen molar-refractivity contribution in [1.82, 2.24) is 24.4 Å². The van der Waals surface area contributed by atoms with Gasteiger partial charge in [0.05, 0.1) is 11.0 Å². The van der Waals surface area contributed by atoms with Crippen molar-refractivity contribution in [2.75, 3.05) is 13.1 Å². The lowest BCUT2D eigenvalue weighted by Gasteiger charge is -2.24. The van der Waals surface area contributed by atoms with Gasteiger partial charge in [-0.3, -0.25) is 19.5 Å².